The molecule has 226 valence electrons. The average molecular weight is 604 g/mol. The molecule has 43 heavy (non-hydrogen) atoms. The van der Waals surface area contributed by atoms with Crippen molar-refractivity contribution >= 4 is 22.8 Å². The van der Waals surface area contributed by atoms with Gasteiger partial charge in [-0.05, 0) is 37.3 Å². The van der Waals surface area contributed by atoms with Gasteiger partial charge in [0.15, 0.2) is 5.82 Å². The van der Waals surface area contributed by atoms with E-state index in [1.54, 1.807) is 0 Å². The fourth-order valence-electron chi connectivity index (χ4n) is 4.67. The molecule has 2 amide bonds. The zero-order valence-electron chi connectivity index (χ0n) is 22.9. The van der Waals surface area contributed by atoms with E-state index in [1.807, 2.05) is 0 Å². The predicted molar refractivity (Wildman–Crippen MR) is 143 cm³/mol. The number of nitrogens with one attached hydrogen (secondary N) is 2. The van der Waals surface area contributed by atoms with Crippen molar-refractivity contribution in [1.29, 1.82) is 0 Å². The molecule has 0 fully saturated rings. The average Bonchev–Trinajstić information content (AvgIpc) is 3.56. The van der Waals surface area contributed by atoms with Gasteiger partial charge in [-0.15, -0.1) is 0 Å². The molecular weight excluding hydrogens is 578 g/mol. The number of carbonyl (C=O) groups is 2. The lowest BCUT2D eigenvalue weighted by Gasteiger charge is -2.31. The molecule has 0 saturated heterocycles. The van der Waals surface area contributed by atoms with E-state index in [1.165, 1.54) is 45.4 Å². The van der Waals surface area contributed by atoms with Gasteiger partial charge in [-0.3, -0.25) is 9.59 Å². The van der Waals surface area contributed by atoms with Gasteiger partial charge in [0.1, 0.15) is 46.3 Å². The molecule has 1 aliphatic rings. The number of pyridine rings is 1. The number of amides is 2. The highest BCUT2D eigenvalue weighted by Crippen LogP contribution is 2.47. The number of aromatic amines is 1. The van der Waals surface area contributed by atoms with Gasteiger partial charge in [0.2, 0.25) is 11.5 Å². The van der Waals surface area contributed by atoms with Crippen molar-refractivity contribution in [3.8, 4) is 28.5 Å². The van der Waals surface area contributed by atoms with Crippen LogP contribution in [0.15, 0.2) is 42.5 Å². The van der Waals surface area contributed by atoms with Gasteiger partial charge in [-0.2, -0.15) is 13.2 Å². The van der Waals surface area contributed by atoms with Crippen LogP contribution in [-0.4, -0.2) is 65.4 Å². The number of methoxy groups -OCH3 is 2. The summed E-state index contributed by atoms with van der Waals surface area (Å²) in [5.74, 6) is -2.38. The normalized spacial score (nSPS) is 17.6. The summed E-state index contributed by atoms with van der Waals surface area (Å²) in [4.78, 5) is 36.2. The topological polar surface area (TPSA) is 162 Å². The maximum Gasteiger partial charge on any atom is 0.424 e. The lowest BCUT2D eigenvalue weighted by Crippen LogP contribution is -2.52. The highest BCUT2D eigenvalue weighted by Gasteiger charge is 2.57. The molecule has 0 radical (unpaired) electrons. The van der Waals surface area contributed by atoms with E-state index in [4.69, 9.17) is 19.9 Å². The summed E-state index contributed by atoms with van der Waals surface area (Å²) in [6, 6.07) is 8.53. The number of benzene rings is 2. The number of alkyl halides is 3. The van der Waals surface area contributed by atoms with Crippen LogP contribution < -0.4 is 25.3 Å². The molecule has 0 spiro atoms. The van der Waals surface area contributed by atoms with Gasteiger partial charge >= 0.3 is 6.18 Å². The summed E-state index contributed by atoms with van der Waals surface area (Å²) >= 11 is 0. The van der Waals surface area contributed by atoms with Crippen molar-refractivity contribution in [2.45, 2.75) is 24.1 Å². The number of carbonyl (C=O) groups excluding carboxylic acids is 2. The summed E-state index contributed by atoms with van der Waals surface area (Å²) in [6.07, 6.45) is -5.38. The summed E-state index contributed by atoms with van der Waals surface area (Å²) in [6.45, 7) is -0.327. The van der Waals surface area contributed by atoms with E-state index >= 15 is 0 Å². The second-order valence-electron chi connectivity index (χ2n) is 10.1. The van der Waals surface area contributed by atoms with Crippen LogP contribution in [0.5, 0.6) is 17.2 Å². The molecule has 0 saturated carbocycles. The number of hydrogen-bond donors (Lipinski definition) is 4. The molecule has 0 bridgehead atoms. The highest BCUT2D eigenvalue weighted by atomic mass is 19.4. The summed E-state index contributed by atoms with van der Waals surface area (Å²) in [7, 11) is 2.78. The lowest BCUT2D eigenvalue weighted by molar-refractivity contribution is -0.265. The first-order valence-corrected chi connectivity index (χ1v) is 12.7. The predicted octanol–water partition coefficient (Wildman–Crippen LogP) is 3.10. The number of H-pyrrole nitrogens is 1. The third-order valence-corrected chi connectivity index (χ3v) is 7.33. The number of nitrogens with two attached hydrogens (primary N) is 1. The first-order valence-electron chi connectivity index (χ1n) is 12.7. The second-order valence-corrected chi connectivity index (χ2v) is 10.1. The van der Waals surface area contributed by atoms with Crippen LogP contribution in [0.25, 0.3) is 22.3 Å². The Labute approximate surface area is 241 Å². The molecule has 5 rings (SSSR count). The van der Waals surface area contributed by atoms with E-state index in [0.29, 0.717) is 11.3 Å². The number of fused-ring (bicyclic) bond motifs is 2. The van der Waals surface area contributed by atoms with Gasteiger partial charge in [0, 0.05) is 23.3 Å². The van der Waals surface area contributed by atoms with Crippen LogP contribution in [0.2, 0.25) is 0 Å². The largest absolute Gasteiger partial charge is 0.497 e. The highest BCUT2D eigenvalue weighted by molar-refractivity contribution is 5.96. The molecule has 15 heteroatoms. The quantitative estimate of drug-likeness (QED) is 0.224. The van der Waals surface area contributed by atoms with E-state index in [0.717, 1.165) is 18.2 Å². The standard InChI is InChI=1S/C28H25F4N5O6/c1-26(25(33)39)12-43-22-16(26)10-19(36-20(22)13-4-6-14(29)7-5-13)27(40,28(30,31)32)11-34-24(38)23-35-17-8-15(41-2)9-18(42-3)21(17)37-23/h4-10,40H,11-12H2,1-3H3,(H2,33,39)(H,34,38)(H,35,37)/t26-,27?/m0/s1. The molecule has 11 nitrogen and oxygen atoms in total. The molecule has 5 N–H and O–H groups in total. The third-order valence-electron chi connectivity index (χ3n) is 7.33. The van der Waals surface area contributed by atoms with Gasteiger partial charge < -0.3 is 35.4 Å². The Morgan fingerprint density at radius 3 is 2.44 bits per heavy atom. The number of imidazole rings is 1. The number of primary amides is 1. The molecule has 3 heterocycles. The molecule has 1 aliphatic heterocycles. The number of hydrogen-bond acceptors (Lipinski definition) is 8. The van der Waals surface area contributed by atoms with Gasteiger partial charge in [-0.25, -0.2) is 14.4 Å². The van der Waals surface area contributed by atoms with Gasteiger partial charge in [0.25, 0.3) is 5.91 Å². The molecule has 2 aromatic carbocycles. The van der Waals surface area contributed by atoms with E-state index in [2.05, 4.69) is 20.3 Å². The first kappa shape index (κ1) is 29.6. The van der Waals surface area contributed by atoms with Crippen LogP contribution in [-0.2, 0) is 15.8 Å². The third kappa shape index (κ3) is 4.94. The van der Waals surface area contributed by atoms with Crippen molar-refractivity contribution in [1.82, 2.24) is 20.3 Å². The minimum Gasteiger partial charge on any atom is -0.497 e. The molecule has 1 unspecified atom stereocenters. The van der Waals surface area contributed by atoms with Gasteiger partial charge in [0.05, 0.1) is 32.0 Å². The van der Waals surface area contributed by atoms with Crippen LogP contribution >= 0.6 is 0 Å². The van der Waals surface area contributed by atoms with Gasteiger partial charge in [-0.1, -0.05) is 0 Å². The second kappa shape index (κ2) is 10.4. The summed E-state index contributed by atoms with van der Waals surface area (Å²) < 4.78 is 73.5. The van der Waals surface area contributed by atoms with Crippen LogP contribution in [0, 0.1) is 5.82 Å². The van der Waals surface area contributed by atoms with E-state index < -0.39 is 47.1 Å². The Kier molecular flexibility index (Phi) is 7.16. The lowest BCUT2D eigenvalue weighted by atomic mass is 9.81. The van der Waals surface area contributed by atoms with Crippen molar-refractivity contribution in [2.24, 2.45) is 5.73 Å². The van der Waals surface area contributed by atoms with Crippen molar-refractivity contribution < 1.29 is 46.5 Å². The molecule has 2 atom stereocenters. The Bertz CT molecular complexity index is 1740. The number of aliphatic hydroxyl groups is 1. The number of nitrogens with zero attached hydrogens (tertiary/aromatic N) is 2. The fraction of sp³-hybridized carbons (Fsp3) is 0.286. The number of halogens is 4. The minimum absolute atomic E-state index is 0.0446. The smallest absolute Gasteiger partial charge is 0.424 e. The van der Waals surface area contributed by atoms with Crippen molar-refractivity contribution in [2.75, 3.05) is 27.4 Å². The van der Waals surface area contributed by atoms with Crippen LogP contribution in [0.4, 0.5) is 17.6 Å². The first-order chi connectivity index (χ1) is 20.2. The zero-order valence-corrected chi connectivity index (χ0v) is 22.9. The zero-order chi connectivity index (χ0) is 31.3. The number of aromatic nitrogens is 3. The van der Waals surface area contributed by atoms with E-state index in [-0.39, 0.29) is 46.3 Å². The fourth-order valence-corrected chi connectivity index (χ4v) is 4.67. The van der Waals surface area contributed by atoms with Crippen LogP contribution in [0.3, 0.4) is 0 Å². The SMILES string of the molecule is COc1cc(OC)c2nc(C(=O)NCC(O)(c3cc4c(c(-c5ccc(F)cc5)n3)OC[C@]4(C)C(N)=O)C(F)(F)F)[nH]c2c1. The number of ether oxygens (including phenoxy) is 3. The summed E-state index contributed by atoms with van der Waals surface area (Å²) in [5, 5.41) is 13.2. The Balaban J connectivity index is 1.57. The maximum absolute atomic E-state index is 14.6. The Morgan fingerprint density at radius 2 is 1.84 bits per heavy atom. The van der Waals surface area contributed by atoms with Crippen LogP contribution in [0.1, 0.15) is 28.8 Å². The maximum atomic E-state index is 14.6. The minimum atomic E-state index is -5.38. The van der Waals surface area contributed by atoms with Crippen molar-refractivity contribution in [3.05, 3.63) is 65.4 Å². The monoisotopic (exact) mass is 603 g/mol. The molecule has 0 aliphatic carbocycles. The molecular formula is C28H25F4N5O6. The van der Waals surface area contributed by atoms with Crippen molar-refractivity contribution in [3.63, 3.8) is 0 Å². The Hall–Kier alpha value is -4.92. The molecule has 2 aromatic heterocycles. The van der Waals surface area contributed by atoms with E-state index in [9.17, 15) is 32.3 Å². The number of rotatable bonds is 8. The Morgan fingerprint density at radius 1 is 1.14 bits per heavy atom. The molecule has 4 aromatic rings. The summed E-state index contributed by atoms with van der Waals surface area (Å²) in [5.41, 5.74) is -0.293.